The van der Waals surface area contributed by atoms with Gasteiger partial charge in [0.25, 0.3) is 0 Å². The van der Waals surface area contributed by atoms with E-state index < -0.39 is 32.8 Å². The smallest absolute Gasteiger partial charge is 0.357 e. The van der Waals surface area contributed by atoms with E-state index in [0.717, 1.165) is 43.7 Å². The topological polar surface area (TPSA) is 116 Å². The standard InChI is InChI=1S/C23H30N5O5S/c1-16-13-17(33-24-16)15-28-21(29)19-14-18(34(31,32)25-23(2)7-8-23)5-6-20(19)27(22(28)30)12-11-26-9-3-4-10-26/h5-6,13-14,18,25H,3-4,7-12,15H2,1-2H3/q+1. The first kappa shape index (κ1) is 23.1. The van der Waals surface area contributed by atoms with Gasteiger partial charge in [-0.25, -0.2) is 17.9 Å². The van der Waals surface area contributed by atoms with E-state index in [-0.39, 0.29) is 12.1 Å². The van der Waals surface area contributed by atoms with E-state index in [1.165, 1.54) is 6.08 Å². The number of carbonyl (C=O) groups is 2. The number of aryl methyl sites for hydroxylation is 1. The van der Waals surface area contributed by atoms with Crippen LogP contribution in [-0.2, 0) is 21.4 Å². The van der Waals surface area contributed by atoms with Gasteiger partial charge < -0.3 is 4.52 Å². The molecule has 1 aromatic heterocycles. The summed E-state index contributed by atoms with van der Waals surface area (Å²) in [5.74, 6) is -0.143. The summed E-state index contributed by atoms with van der Waals surface area (Å²) in [4.78, 5) is 30.2. The van der Waals surface area contributed by atoms with E-state index in [0.29, 0.717) is 30.3 Å². The molecule has 2 fully saturated rings. The molecule has 10 nitrogen and oxygen atoms in total. The Kier molecular flexibility index (Phi) is 5.81. The minimum absolute atomic E-state index is 0.0687. The number of allylic oxidation sites excluding steroid dienone is 1. The average molecular weight is 489 g/mol. The molecule has 4 aliphatic rings. The Hall–Kier alpha value is -2.63. The van der Waals surface area contributed by atoms with Crippen molar-refractivity contribution in [1.82, 2.24) is 19.7 Å². The van der Waals surface area contributed by atoms with Crippen LogP contribution in [0.4, 0.5) is 4.79 Å². The zero-order valence-electron chi connectivity index (χ0n) is 19.5. The van der Waals surface area contributed by atoms with Gasteiger partial charge in [0.2, 0.25) is 10.0 Å². The number of aromatic nitrogens is 1. The molecule has 182 valence electrons. The van der Waals surface area contributed by atoms with Crippen molar-refractivity contribution in [1.29, 1.82) is 0 Å². The molecule has 3 amide bonds. The van der Waals surface area contributed by atoms with Gasteiger partial charge in [-0.15, -0.1) is 4.90 Å². The molecule has 0 radical (unpaired) electrons. The molecule has 0 bridgehead atoms. The normalized spacial score (nSPS) is 24.6. The highest BCUT2D eigenvalue weighted by atomic mass is 32.2. The van der Waals surface area contributed by atoms with Crippen LogP contribution in [0.25, 0.3) is 0 Å². The molecule has 2 aliphatic carbocycles. The maximum atomic E-state index is 13.4. The van der Waals surface area contributed by atoms with Crippen LogP contribution in [0.15, 0.2) is 34.4 Å². The number of nitrogens with zero attached hydrogens (tertiary/aromatic N) is 4. The van der Waals surface area contributed by atoms with Crippen molar-refractivity contribution in [3.8, 4) is 0 Å². The van der Waals surface area contributed by atoms with Crippen LogP contribution in [0, 0.1) is 6.92 Å². The number of rotatable bonds is 8. The molecule has 1 aromatic rings. The minimum Gasteiger partial charge on any atom is -0.357 e. The summed E-state index contributed by atoms with van der Waals surface area (Å²) in [5, 5.41) is 2.85. The Morgan fingerprint density at radius 2 is 2.00 bits per heavy atom. The average Bonchev–Trinajstić information content (AvgIpc) is 3.17. The van der Waals surface area contributed by atoms with Crippen LogP contribution in [0.1, 0.15) is 44.1 Å². The summed E-state index contributed by atoms with van der Waals surface area (Å²) in [5.41, 5.74) is 0.898. The molecule has 3 heterocycles. The van der Waals surface area contributed by atoms with Gasteiger partial charge in [-0.05, 0) is 64.8 Å². The molecule has 1 saturated heterocycles. The van der Waals surface area contributed by atoms with Gasteiger partial charge in [0, 0.05) is 18.2 Å². The fourth-order valence-corrected chi connectivity index (χ4v) is 6.25. The third-order valence-electron chi connectivity index (χ3n) is 6.86. The number of likely N-dealkylation sites (tertiary alicyclic amines) is 1. The van der Waals surface area contributed by atoms with Crippen molar-refractivity contribution in [3.63, 3.8) is 0 Å². The lowest BCUT2D eigenvalue weighted by Gasteiger charge is -2.26. The second-order valence-electron chi connectivity index (χ2n) is 9.81. The molecule has 11 heteroatoms. The van der Waals surface area contributed by atoms with Gasteiger partial charge >= 0.3 is 11.9 Å². The van der Waals surface area contributed by atoms with Crippen LogP contribution in [-0.4, -0.2) is 82.6 Å². The molecule has 34 heavy (non-hydrogen) atoms. The van der Waals surface area contributed by atoms with E-state index in [2.05, 4.69) is 14.8 Å². The second-order valence-corrected chi connectivity index (χ2v) is 11.6. The van der Waals surface area contributed by atoms with Crippen LogP contribution in [0.3, 0.4) is 0 Å². The van der Waals surface area contributed by atoms with Gasteiger partial charge in [0.05, 0.1) is 5.69 Å². The zero-order chi connectivity index (χ0) is 24.1. The first-order valence-electron chi connectivity index (χ1n) is 11.7. The number of carbonyl (C=O) groups excluding carboxylic acids is 2. The van der Waals surface area contributed by atoms with Crippen LogP contribution in [0.5, 0.6) is 0 Å². The number of fused-ring (bicyclic) bond motifs is 1. The molecule has 0 aromatic carbocycles. The quantitative estimate of drug-likeness (QED) is 0.549. The molecular weight excluding hydrogens is 458 g/mol. The van der Waals surface area contributed by atoms with Crippen molar-refractivity contribution >= 4 is 27.7 Å². The minimum atomic E-state index is -3.72. The molecule has 0 spiro atoms. The van der Waals surface area contributed by atoms with Crippen molar-refractivity contribution in [3.05, 3.63) is 41.3 Å². The van der Waals surface area contributed by atoms with Gasteiger partial charge in [0.15, 0.2) is 12.3 Å². The Morgan fingerprint density at radius 3 is 2.65 bits per heavy atom. The first-order chi connectivity index (χ1) is 16.2. The van der Waals surface area contributed by atoms with E-state index in [4.69, 9.17) is 4.52 Å². The fourth-order valence-electron chi connectivity index (χ4n) is 4.62. The lowest BCUT2D eigenvalue weighted by molar-refractivity contribution is -0.437. The third kappa shape index (κ3) is 4.51. The highest BCUT2D eigenvalue weighted by Crippen LogP contribution is 2.36. The molecule has 1 saturated carbocycles. The molecular formula is C23H30N5O5S+. The fraction of sp³-hybridized carbons (Fsp3) is 0.565. The van der Waals surface area contributed by atoms with Crippen LogP contribution >= 0.6 is 0 Å². The third-order valence-corrected chi connectivity index (χ3v) is 8.64. The number of amides is 3. The SMILES string of the molecule is Cc1cc(CN2C(=O)C3=CC(S(=O)(=O)NC4(C)CC4)C=CC3=[N+](CCN3CCCC3)C2=O)on1. The van der Waals surface area contributed by atoms with E-state index in [1.807, 2.05) is 6.92 Å². The molecule has 2 aliphatic heterocycles. The Balaban J connectivity index is 1.48. The number of hydrogen-bond acceptors (Lipinski definition) is 7. The summed E-state index contributed by atoms with van der Waals surface area (Å²) in [6.45, 7) is 6.62. The number of sulfonamides is 1. The molecule has 1 N–H and O–H groups in total. The van der Waals surface area contributed by atoms with E-state index >= 15 is 0 Å². The molecule has 1 unspecified atom stereocenters. The van der Waals surface area contributed by atoms with E-state index in [1.54, 1.807) is 29.7 Å². The van der Waals surface area contributed by atoms with Gasteiger partial charge in [-0.2, -0.15) is 9.37 Å². The largest absolute Gasteiger partial charge is 0.501 e. The maximum absolute atomic E-state index is 13.4. The van der Waals surface area contributed by atoms with Crippen molar-refractivity contribution in [2.24, 2.45) is 0 Å². The molecule has 1 atom stereocenters. The van der Waals surface area contributed by atoms with Crippen molar-refractivity contribution < 1.29 is 27.1 Å². The summed E-state index contributed by atoms with van der Waals surface area (Å²) in [7, 11) is -3.72. The highest BCUT2D eigenvalue weighted by Gasteiger charge is 2.48. The van der Waals surface area contributed by atoms with Crippen molar-refractivity contribution in [2.75, 3.05) is 26.2 Å². The number of nitrogens with one attached hydrogen (secondary N) is 1. The van der Waals surface area contributed by atoms with Crippen LogP contribution in [0.2, 0.25) is 0 Å². The predicted molar refractivity (Wildman–Crippen MR) is 124 cm³/mol. The van der Waals surface area contributed by atoms with Gasteiger partial charge in [0.1, 0.15) is 23.1 Å². The van der Waals surface area contributed by atoms with Gasteiger partial charge in [-0.3, -0.25) is 4.90 Å². The summed E-state index contributed by atoms with van der Waals surface area (Å²) in [6, 6.07) is 1.23. The van der Waals surface area contributed by atoms with Gasteiger partial charge in [-0.1, -0.05) is 11.2 Å². The predicted octanol–water partition coefficient (Wildman–Crippen LogP) is 1.33. The highest BCUT2D eigenvalue weighted by molar-refractivity contribution is 7.90. The Morgan fingerprint density at radius 1 is 1.26 bits per heavy atom. The Labute approximate surface area is 199 Å². The molecule has 5 rings (SSSR count). The van der Waals surface area contributed by atoms with E-state index in [9.17, 15) is 18.0 Å². The monoisotopic (exact) mass is 488 g/mol. The summed E-state index contributed by atoms with van der Waals surface area (Å²) in [6.07, 6.45) is 8.46. The summed E-state index contributed by atoms with van der Waals surface area (Å²) < 4.78 is 35.6. The first-order valence-corrected chi connectivity index (χ1v) is 13.3. The lowest BCUT2D eigenvalue weighted by atomic mass is 9.99. The van der Waals surface area contributed by atoms with Crippen molar-refractivity contribution in [2.45, 2.75) is 56.9 Å². The number of hydrogen-bond donors (Lipinski definition) is 1. The number of imide groups is 1. The Bertz CT molecular complexity index is 1220. The summed E-state index contributed by atoms with van der Waals surface area (Å²) >= 11 is 0. The van der Waals surface area contributed by atoms with Crippen LogP contribution < -0.4 is 4.72 Å². The zero-order valence-corrected chi connectivity index (χ0v) is 20.3. The lowest BCUT2D eigenvalue weighted by Crippen LogP contribution is -2.53. The number of urea groups is 1. The maximum Gasteiger partial charge on any atom is 0.501 e. The second kappa shape index (κ2) is 8.54.